The van der Waals surface area contributed by atoms with Gasteiger partial charge in [-0.2, -0.15) is 0 Å². The molecule has 2 saturated heterocycles. The number of likely N-dealkylation sites (tertiary alicyclic amines) is 1. The van der Waals surface area contributed by atoms with Gasteiger partial charge in [-0.15, -0.1) is 0 Å². The van der Waals surface area contributed by atoms with Gasteiger partial charge in [0.1, 0.15) is 0 Å². The lowest BCUT2D eigenvalue weighted by Gasteiger charge is -2.34. The summed E-state index contributed by atoms with van der Waals surface area (Å²) in [6, 6.07) is 7.06. The zero-order chi connectivity index (χ0) is 18.4. The van der Waals surface area contributed by atoms with Gasteiger partial charge in [-0.05, 0) is 37.4 Å². The van der Waals surface area contributed by atoms with Crippen molar-refractivity contribution in [2.75, 3.05) is 52.5 Å². The van der Waals surface area contributed by atoms with E-state index in [4.69, 9.17) is 16.3 Å². The number of carbonyl (C=O) groups is 2. The largest absolute Gasteiger partial charge is 0.378 e. The highest BCUT2D eigenvalue weighted by Crippen LogP contribution is 2.18. The maximum absolute atomic E-state index is 12.4. The molecule has 1 aromatic rings. The normalized spacial score (nSPS) is 21.4. The molecule has 2 heterocycles. The van der Waals surface area contributed by atoms with E-state index in [0.717, 1.165) is 25.9 Å². The van der Waals surface area contributed by atoms with E-state index in [1.165, 1.54) is 0 Å². The Hall–Kier alpha value is -1.63. The molecule has 2 aliphatic rings. The summed E-state index contributed by atoms with van der Waals surface area (Å²) in [5.74, 6) is 0.388. The van der Waals surface area contributed by atoms with Crippen LogP contribution in [0.15, 0.2) is 24.3 Å². The molecule has 6 nitrogen and oxygen atoms in total. The average molecular weight is 380 g/mol. The Morgan fingerprint density at radius 2 is 1.96 bits per heavy atom. The fourth-order valence-corrected chi connectivity index (χ4v) is 3.76. The second kappa shape index (κ2) is 9.35. The van der Waals surface area contributed by atoms with Crippen molar-refractivity contribution >= 4 is 23.4 Å². The van der Waals surface area contributed by atoms with Crippen LogP contribution in [0.1, 0.15) is 23.2 Å². The lowest BCUT2D eigenvalue weighted by atomic mass is 9.97. The Kier molecular flexibility index (Phi) is 6.88. The van der Waals surface area contributed by atoms with Crippen molar-refractivity contribution in [3.05, 3.63) is 34.9 Å². The number of nitrogens with zero attached hydrogens (tertiary/aromatic N) is 2. The molecular formula is C19H26ClN3O3. The summed E-state index contributed by atoms with van der Waals surface area (Å²) >= 11 is 6.07. The standard InChI is InChI=1S/C19H26ClN3O3/c20-17-6-2-1-5-16(17)19(25)21-12-15-4-3-7-22(13-15)14-18(24)23-8-10-26-11-9-23/h1-2,5-6,15H,3-4,7-14H2,(H,21,25)/t15-/m1/s1. The molecule has 0 unspecified atom stereocenters. The Morgan fingerprint density at radius 3 is 2.73 bits per heavy atom. The number of ether oxygens (including phenoxy) is 1. The summed E-state index contributed by atoms with van der Waals surface area (Å²) in [6.07, 6.45) is 2.11. The minimum atomic E-state index is -0.142. The minimum absolute atomic E-state index is 0.142. The minimum Gasteiger partial charge on any atom is -0.378 e. The number of benzene rings is 1. The second-order valence-electron chi connectivity index (χ2n) is 6.93. The van der Waals surface area contributed by atoms with Crippen LogP contribution < -0.4 is 5.32 Å². The van der Waals surface area contributed by atoms with E-state index in [1.807, 2.05) is 11.0 Å². The molecule has 0 aromatic heterocycles. The van der Waals surface area contributed by atoms with E-state index in [0.29, 0.717) is 55.9 Å². The molecule has 7 heteroatoms. The molecule has 2 aliphatic heterocycles. The van der Waals surface area contributed by atoms with E-state index < -0.39 is 0 Å². The highest BCUT2D eigenvalue weighted by molar-refractivity contribution is 6.33. The molecule has 0 radical (unpaired) electrons. The van der Waals surface area contributed by atoms with E-state index in [-0.39, 0.29) is 11.8 Å². The van der Waals surface area contributed by atoms with Gasteiger partial charge in [0.05, 0.1) is 30.3 Å². The van der Waals surface area contributed by atoms with Gasteiger partial charge in [0.15, 0.2) is 0 Å². The van der Waals surface area contributed by atoms with E-state index in [9.17, 15) is 9.59 Å². The van der Waals surface area contributed by atoms with Crippen molar-refractivity contribution in [2.24, 2.45) is 5.92 Å². The van der Waals surface area contributed by atoms with Gasteiger partial charge in [0, 0.05) is 26.2 Å². The van der Waals surface area contributed by atoms with Crippen molar-refractivity contribution in [3.63, 3.8) is 0 Å². The van der Waals surface area contributed by atoms with Crippen molar-refractivity contribution in [1.29, 1.82) is 0 Å². The van der Waals surface area contributed by atoms with E-state index in [2.05, 4.69) is 10.2 Å². The van der Waals surface area contributed by atoms with Gasteiger partial charge in [-0.25, -0.2) is 0 Å². The van der Waals surface area contributed by atoms with Crippen molar-refractivity contribution in [1.82, 2.24) is 15.1 Å². The number of nitrogens with one attached hydrogen (secondary N) is 1. The summed E-state index contributed by atoms with van der Waals surface area (Å²) in [5, 5.41) is 3.45. The average Bonchev–Trinajstić information content (AvgIpc) is 2.67. The lowest BCUT2D eigenvalue weighted by molar-refractivity contribution is -0.136. The Labute approximate surface area is 159 Å². The van der Waals surface area contributed by atoms with E-state index in [1.54, 1.807) is 18.2 Å². The maximum Gasteiger partial charge on any atom is 0.252 e. The first-order valence-electron chi connectivity index (χ1n) is 9.24. The van der Waals surface area contributed by atoms with Crippen LogP contribution in [-0.4, -0.2) is 74.1 Å². The molecule has 0 bridgehead atoms. The topological polar surface area (TPSA) is 61.9 Å². The van der Waals surface area contributed by atoms with Gasteiger partial charge in [0.25, 0.3) is 5.91 Å². The van der Waals surface area contributed by atoms with Crippen LogP contribution in [-0.2, 0) is 9.53 Å². The number of hydrogen-bond acceptors (Lipinski definition) is 4. The monoisotopic (exact) mass is 379 g/mol. The smallest absolute Gasteiger partial charge is 0.252 e. The van der Waals surface area contributed by atoms with Gasteiger partial charge in [-0.1, -0.05) is 23.7 Å². The molecular weight excluding hydrogens is 354 g/mol. The van der Waals surface area contributed by atoms with Crippen LogP contribution in [0.4, 0.5) is 0 Å². The quantitative estimate of drug-likeness (QED) is 0.844. The molecule has 2 fully saturated rings. The summed E-state index contributed by atoms with van der Waals surface area (Å²) in [5.41, 5.74) is 0.504. The molecule has 0 saturated carbocycles. The summed E-state index contributed by atoms with van der Waals surface area (Å²) < 4.78 is 5.30. The van der Waals surface area contributed by atoms with Gasteiger partial charge in [-0.3, -0.25) is 14.5 Å². The zero-order valence-corrected chi connectivity index (χ0v) is 15.7. The zero-order valence-electron chi connectivity index (χ0n) is 15.0. The van der Waals surface area contributed by atoms with Crippen LogP contribution in [0.3, 0.4) is 0 Å². The molecule has 0 aliphatic carbocycles. The predicted octanol–water partition coefficient (Wildman–Crippen LogP) is 1.64. The highest BCUT2D eigenvalue weighted by Gasteiger charge is 2.25. The van der Waals surface area contributed by atoms with Crippen LogP contribution in [0.5, 0.6) is 0 Å². The Morgan fingerprint density at radius 1 is 1.19 bits per heavy atom. The molecule has 0 spiro atoms. The molecule has 1 aromatic carbocycles. The number of morpholine rings is 1. The van der Waals surface area contributed by atoms with Crippen molar-refractivity contribution < 1.29 is 14.3 Å². The van der Waals surface area contributed by atoms with Crippen LogP contribution in [0, 0.1) is 5.92 Å². The van der Waals surface area contributed by atoms with Gasteiger partial charge < -0.3 is 15.0 Å². The number of rotatable bonds is 5. The fraction of sp³-hybridized carbons (Fsp3) is 0.579. The Bertz CT molecular complexity index is 634. The molecule has 1 N–H and O–H groups in total. The number of carbonyl (C=O) groups excluding carboxylic acids is 2. The van der Waals surface area contributed by atoms with Crippen molar-refractivity contribution in [2.45, 2.75) is 12.8 Å². The van der Waals surface area contributed by atoms with Crippen LogP contribution in [0.2, 0.25) is 5.02 Å². The fourth-order valence-electron chi connectivity index (χ4n) is 3.54. The summed E-state index contributed by atoms with van der Waals surface area (Å²) in [7, 11) is 0. The highest BCUT2D eigenvalue weighted by atomic mass is 35.5. The SMILES string of the molecule is O=C(NC[C@H]1CCCN(CC(=O)N2CCOCC2)C1)c1ccccc1Cl. The first-order valence-corrected chi connectivity index (χ1v) is 9.62. The van der Waals surface area contributed by atoms with Crippen LogP contribution >= 0.6 is 11.6 Å². The maximum atomic E-state index is 12.4. The molecule has 3 rings (SSSR count). The van der Waals surface area contributed by atoms with E-state index >= 15 is 0 Å². The molecule has 2 amide bonds. The number of piperidine rings is 1. The molecule has 1 atom stereocenters. The van der Waals surface area contributed by atoms with Crippen LogP contribution in [0.25, 0.3) is 0 Å². The van der Waals surface area contributed by atoms with Crippen molar-refractivity contribution in [3.8, 4) is 0 Å². The number of amides is 2. The lowest BCUT2D eigenvalue weighted by Crippen LogP contribution is -2.48. The Balaban J connectivity index is 1.45. The first kappa shape index (κ1) is 19.1. The summed E-state index contributed by atoms with van der Waals surface area (Å²) in [4.78, 5) is 28.8. The van der Waals surface area contributed by atoms with Gasteiger partial charge in [0.2, 0.25) is 5.91 Å². The number of hydrogen-bond donors (Lipinski definition) is 1. The number of halogens is 1. The third kappa shape index (κ3) is 5.19. The predicted molar refractivity (Wildman–Crippen MR) is 100 cm³/mol. The second-order valence-corrected chi connectivity index (χ2v) is 7.33. The third-order valence-electron chi connectivity index (χ3n) is 5.00. The molecule has 26 heavy (non-hydrogen) atoms. The summed E-state index contributed by atoms with van der Waals surface area (Å²) in [6.45, 7) is 5.45. The third-order valence-corrected chi connectivity index (χ3v) is 5.33. The van der Waals surface area contributed by atoms with Gasteiger partial charge >= 0.3 is 0 Å². The molecule has 142 valence electrons. The first-order chi connectivity index (χ1) is 12.6.